The Morgan fingerprint density at radius 2 is 2.10 bits per heavy atom. The molecule has 5 nitrogen and oxygen atoms in total. The van der Waals surface area contributed by atoms with Crippen LogP contribution in [-0.2, 0) is 11.3 Å². The second-order valence-electron chi connectivity index (χ2n) is 5.99. The Morgan fingerprint density at radius 3 is 2.86 bits per heavy atom. The minimum Gasteiger partial charge on any atom is -0.334 e. The highest BCUT2D eigenvalue weighted by atomic mass is 16.2. The molecule has 1 aliphatic heterocycles. The van der Waals surface area contributed by atoms with Crippen LogP contribution in [0.2, 0.25) is 0 Å². The van der Waals surface area contributed by atoms with Crippen molar-refractivity contribution < 1.29 is 4.79 Å². The van der Waals surface area contributed by atoms with Gasteiger partial charge in [0.05, 0.1) is 6.54 Å². The summed E-state index contributed by atoms with van der Waals surface area (Å²) in [5, 5.41) is 3.38. The van der Waals surface area contributed by atoms with Crippen LogP contribution in [0.1, 0.15) is 24.8 Å². The minimum absolute atomic E-state index is 0.274. The van der Waals surface area contributed by atoms with Crippen molar-refractivity contribution in [3.63, 3.8) is 0 Å². The molecule has 1 aromatic rings. The molecular formula is C16H24N4O. The van der Waals surface area contributed by atoms with Crippen LogP contribution in [0.25, 0.3) is 0 Å². The van der Waals surface area contributed by atoms with Gasteiger partial charge in [-0.2, -0.15) is 0 Å². The van der Waals surface area contributed by atoms with Crippen molar-refractivity contribution >= 4 is 5.91 Å². The standard InChI is InChI=1S/C16H24N4O/c21-16(13-19-10-1-6-17-9-11-19)20(15-2-3-15)12-14-4-7-18-8-5-14/h4-5,7-8,15,17H,1-3,6,9-13H2. The van der Waals surface area contributed by atoms with Crippen LogP contribution >= 0.6 is 0 Å². The van der Waals surface area contributed by atoms with Gasteiger partial charge < -0.3 is 10.2 Å². The van der Waals surface area contributed by atoms with Gasteiger partial charge in [-0.1, -0.05) is 0 Å². The molecule has 0 radical (unpaired) electrons. The average Bonchev–Trinajstić information content (AvgIpc) is 3.33. The van der Waals surface area contributed by atoms with Crippen LogP contribution in [0.3, 0.4) is 0 Å². The molecule has 2 heterocycles. The summed E-state index contributed by atoms with van der Waals surface area (Å²) in [6, 6.07) is 4.45. The van der Waals surface area contributed by atoms with Crippen molar-refractivity contribution in [2.24, 2.45) is 0 Å². The summed E-state index contributed by atoms with van der Waals surface area (Å²) < 4.78 is 0. The van der Waals surface area contributed by atoms with Crippen LogP contribution in [-0.4, -0.2) is 59.5 Å². The Bertz CT molecular complexity index is 453. The van der Waals surface area contributed by atoms with Crippen LogP contribution in [0.4, 0.5) is 0 Å². The summed E-state index contributed by atoms with van der Waals surface area (Å²) in [5.74, 6) is 0.274. The lowest BCUT2D eigenvalue weighted by Crippen LogP contribution is -2.42. The lowest BCUT2D eigenvalue weighted by atomic mass is 10.2. The van der Waals surface area contributed by atoms with E-state index in [1.54, 1.807) is 12.4 Å². The number of rotatable bonds is 5. The Hall–Kier alpha value is -1.46. The Morgan fingerprint density at radius 1 is 1.29 bits per heavy atom. The summed E-state index contributed by atoms with van der Waals surface area (Å²) in [4.78, 5) is 21.0. The largest absolute Gasteiger partial charge is 0.334 e. The third kappa shape index (κ3) is 4.25. The molecule has 21 heavy (non-hydrogen) atoms. The van der Waals surface area contributed by atoms with Gasteiger partial charge in [-0.25, -0.2) is 0 Å². The first kappa shape index (κ1) is 14.5. The first-order chi connectivity index (χ1) is 10.3. The number of nitrogens with zero attached hydrogens (tertiary/aromatic N) is 3. The van der Waals surface area contributed by atoms with Gasteiger partial charge in [0.15, 0.2) is 0 Å². The van der Waals surface area contributed by atoms with Crippen LogP contribution < -0.4 is 5.32 Å². The number of nitrogens with one attached hydrogen (secondary N) is 1. The first-order valence-corrected chi connectivity index (χ1v) is 7.94. The average molecular weight is 288 g/mol. The topological polar surface area (TPSA) is 48.5 Å². The third-order valence-corrected chi connectivity index (χ3v) is 4.20. The maximum Gasteiger partial charge on any atom is 0.237 e. The molecule has 3 rings (SSSR count). The van der Waals surface area contributed by atoms with Gasteiger partial charge in [0.1, 0.15) is 0 Å². The van der Waals surface area contributed by atoms with E-state index in [1.807, 2.05) is 12.1 Å². The van der Waals surface area contributed by atoms with E-state index in [4.69, 9.17) is 0 Å². The van der Waals surface area contributed by atoms with Crippen molar-refractivity contribution in [2.75, 3.05) is 32.7 Å². The SMILES string of the molecule is O=C(CN1CCCNCC1)N(Cc1ccncc1)C1CC1. The summed E-state index contributed by atoms with van der Waals surface area (Å²) in [6.45, 7) is 5.32. The second kappa shape index (κ2) is 7.00. The Balaban J connectivity index is 1.59. The fourth-order valence-corrected chi connectivity index (χ4v) is 2.83. The zero-order chi connectivity index (χ0) is 14.5. The summed E-state index contributed by atoms with van der Waals surface area (Å²) in [6.07, 6.45) is 7.02. The molecule has 114 valence electrons. The van der Waals surface area contributed by atoms with E-state index in [9.17, 15) is 4.79 Å². The molecule has 0 spiro atoms. The van der Waals surface area contributed by atoms with Crippen LogP contribution in [0, 0.1) is 0 Å². The molecule has 0 unspecified atom stereocenters. The van der Waals surface area contributed by atoms with Crippen molar-refractivity contribution in [1.29, 1.82) is 0 Å². The number of pyridine rings is 1. The van der Waals surface area contributed by atoms with Gasteiger partial charge >= 0.3 is 0 Å². The van der Waals surface area contributed by atoms with Gasteiger partial charge in [-0.3, -0.25) is 14.7 Å². The highest BCUT2D eigenvalue weighted by Gasteiger charge is 2.33. The smallest absolute Gasteiger partial charge is 0.237 e. The zero-order valence-corrected chi connectivity index (χ0v) is 12.5. The van der Waals surface area contributed by atoms with E-state index in [2.05, 4.69) is 20.1 Å². The summed E-state index contributed by atoms with van der Waals surface area (Å²) in [7, 11) is 0. The molecule has 0 bridgehead atoms. The molecule has 0 atom stereocenters. The third-order valence-electron chi connectivity index (χ3n) is 4.20. The number of carbonyl (C=O) groups excluding carboxylic acids is 1. The van der Waals surface area contributed by atoms with E-state index in [-0.39, 0.29) is 5.91 Å². The van der Waals surface area contributed by atoms with E-state index < -0.39 is 0 Å². The van der Waals surface area contributed by atoms with E-state index in [0.29, 0.717) is 12.6 Å². The lowest BCUT2D eigenvalue weighted by Gasteiger charge is -2.26. The monoisotopic (exact) mass is 288 g/mol. The van der Waals surface area contributed by atoms with Crippen molar-refractivity contribution in [3.8, 4) is 0 Å². The number of hydrogen-bond donors (Lipinski definition) is 1. The molecule has 1 amide bonds. The maximum atomic E-state index is 12.7. The molecule has 1 aromatic heterocycles. The van der Waals surface area contributed by atoms with Crippen molar-refractivity contribution in [1.82, 2.24) is 20.1 Å². The van der Waals surface area contributed by atoms with Gasteiger partial charge in [0, 0.05) is 38.1 Å². The number of carbonyl (C=O) groups is 1. The molecule has 1 aliphatic carbocycles. The predicted octanol–water partition coefficient (Wildman–Crippen LogP) is 0.868. The quantitative estimate of drug-likeness (QED) is 0.873. The number of amides is 1. The Labute approximate surface area is 126 Å². The van der Waals surface area contributed by atoms with Crippen LogP contribution in [0.5, 0.6) is 0 Å². The fraction of sp³-hybridized carbons (Fsp3) is 0.625. The number of aromatic nitrogens is 1. The minimum atomic E-state index is 0.274. The highest BCUT2D eigenvalue weighted by molar-refractivity contribution is 5.79. The predicted molar refractivity (Wildman–Crippen MR) is 81.7 cm³/mol. The molecule has 5 heteroatoms. The summed E-state index contributed by atoms with van der Waals surface area (Å²) >= 11 is 0. The zero-order valence-electron chi connectivity index (χ0n) is 12.5. The summed E-state index contributed by atoms with van der Waals surface area (Å²) in [5.41, 5.74) is 1.17. The molecular weight excluding hydrogens is 264 g/mol. The number of hydrogen-bond acceptors (Lipinski definition) is 4. The van der Waals surface area contributed by atoms with E-state index >= 15 is 0 Å². The molecule has 2 aliphatic rings. The van der Waals surface area contributed by atoms with Gasteiger partial charge in [-0.15, -0.1) is 0 Å². The molecule has 1 N–H and O–H groups in total. The van der Waals surface area contributed by atoms with Gasteiger partial charge in [0.2, 0.25) is 5.91 Å². The highest BCUT2D eigenvalue weighted by Crippen LogP contribution is 2.28. The Kier molecular flexibility index (Phi) is 4.83. The normalized spacial score (nSPS) is 20.0. The lowest BCUT2D eigenvalue weighted by molar-refractivity contribution is -0.133. The molecule has 1 saturated carbocycles. The second-order valence-corrected chi connectivity index (χ2v) is 5.99. The first-order valence-electron chi connectivity index (χ1n) is 7.94. The van der Waals surface area contributed by atoms with E-state index in [1.165, 1.54) is 5.56 Å². The molecule has 0 aromatic carbocycles. The van der Waals surface area contributed by atoms with E-state index in [0.717, 1.165) is 52.0 Å². The van der Waals surface area contributed by atoms with Crippen molar-refractivity contribution in [3.05, 3.63) is 30.1 Å². The maximum absolute atomic E-state index is 12.7. The van der Waals surface area contributed by atoms with Crippen molar-refractivity contribution in [2.45, 2.75) is 31.8 Å². The van der Waals surface area contributed by atoms with Crippen LogP contribution in [0.15, 0.2) is 24.5 Å². The molecule has 2 fully saturated rings. The fourth-order valence-electron chi connectivity index (χ4n) is 2.83. The molecule has 1 saturated heterocycles. The van der Waals surface area contributed by atoms with Gasteiger partial charge in [0.25, 0.3) is 0 Å². The van der Waals surface area contributed by atoms with Gasteiger partial charge in [-0.05, 0) is 50.0 Å².